The highest BCUT2D eigenvalue weighted by Gasteiger charge is 2.20. The number of rotatable bonds is 2. The summed E-state index contributed by atoms with van der Waals surface area (Å²) in [4.78, 5) is 11.6. The van der Waals surface area contributed by atoms with Crippen molar-refractivity contribution in [2.45, 2.75) is 20.8 Å². The number of halogens is 1. The molecule has 0 fully saturated rings. The van der Waals surface area contributed by atoms with Crippen molar-refractivity contribution in [3.63, 3.8) is 0 Å². The van der Waals surface area contributed by atoms with Crippen LogP contribution in [0.15, 0.2) is 18.2 Å². The molecule has 1 aromatic heterocycles. The predicted octanol–water partition coefficient (Wildman–Crippen LogP) is 3.24. The van der Waals surface area contributed by atoms with Gasteiger partial charge in [-0.3, -0.25) is 0 Å². The number of hydrogen-bond donors (Lipinski definition) is 0. The molecule has 0 aliphatic carbocycles. The highest BCUT2D eigenvalue weighted by Crippen LogP contribution is 2.24. The zero-order valence-electron chi connectivity index (χ0n) is 11.3. The highest BCUT2D eigenvalue weighted by atomic mass is 35.5. The van der Waals surface area contributed by atoms with Gasteiger partial charge >= 0.3 is 5.97 Å². The zero-order chi connectivity index (χ0) is 14.2. The van der Waals surface area contributed by atoms with Crippen LogP contribution >= 0.6 is 11.6 Å². The summed E-state index contributed by atoms with van der Waals surface area (Å²) in [6, 6.07) is 6.06. The first-order chi connectivity index (χ1) is 8.93. The molecule has 2 aromatic rings. The Morgan fingerprint density at radius 2 is 1.79 bits per heavy atom. The summed E-state index contributed by atoms with van der Waals surface area (Å²) < 4.78 is 6.33. The van der Waals surface area contributed by atoms with Crippen molar-refractivity contribution in [3.8, 4) is 5.69 Å². The second kappa shape index (κ2) is 5.05. The minimum Gasteiger partial charge on any atom is -0.464 e. The lowest BCUT2D eigenvalue weighted by atomic mass is 10.1. The minimum atomic E-state index is -0.531. The third-order valence-corrected chi connectivity index (χ3v) is 3.33. The minimum absolute atomic E-state index is 0.140. The quantitative estimate of drug-likeness (QED) is 0.792. The van der Waals surface area contributed by atoms with Crippen molar-refractivity contribution in [3.05, 3.63) is 45.7 Å². The summed E-state index contributed by atoms with van der Waals surface area (Å²) in [5, 5.41) is 4.57. The summed E-state index contributed by atoms with van der Waals surface area (Å²) in [7, 11) is 1.31. The average Bonchev–Trinajstić information content (AvgIpc) is 2.64. The maximum Gasteiger partial charge on any atom is 0.360 e. The van der Waals surface area contributed by atoms with Gasteiger partial charge in [0.15, 0.2) is 5.69 Å². The molecule has 0 N–H and O–H groups in total. The van der Waals surface area contributed by atoms with Crippen LogP contribution in [0.2, 0.25) is 5.02 Å². The Morgan fingerprint density at radius 3 is 2.32 bits per heavy atom. The maximum atomic E-state index is 11.6. The average molecular weight is 279 g/mol. The van der Waals surface area contributed by atoms with Gasteiger partial charge in [0.1, 0.15) is 0 Å². The fourth-order valence-electron chi connectivity index (χ4n) is 2.03. The van der Waals surface area contributed by atoms with Gasteiger partial charge < -0.3 is 4.74 Å². The van der Waals surface area contributed by atoms with E-state index in [0.717, 1.165) is 16.8 Å². The number of nitrogens with zero attached hydrogens (tertiary/aromatic N) is 2. The lowest BCUT2D eigenvalue weighted by Crippen LogP contribution is -2.05. The number of carbonyl (C=O) groups is 1. The number of ether oxygens (including phenoxy) is 1. The van der Waals surface area contributed by atoms with Crippen molar-refractivity contribution >= 4 is 17.6 Å². The van der Waals surface area contributed by atoms with Crippen LogP contribution in [0.3, 0.4) is 0 Å². The molecule has 0 unspecified atom stereocenters. The molecule has 19 heavy (non-hydrogen) atoms. The predicted molar refractivity (Wildman–Crippen MR) is 74.1 cm³/mol. The van der Waals surface area contributed by atoms with Gasteiger partial charge in [-0.2, -0.15) is 5.10 Å². The molecule has 0 aliphatic rings. The Labute approximate surface area is 116 Å². The van der Waals surface area contributed by atoms with E-state index in [0.29, 0.717) is 10.7 Å². The van der Waals surface area contributed by atoms with Gasteiger partial charge in [-0.15, -0.1) is 0 Å². The number of hydrogen-bond acceptors (Lipinski definition) is 3. The van der Waals surface area contributed by atoms with Gasteiger partial charge in [0.25, 0.3) is 0 Å². The summed E-state index contributed by atoms with van der Waals surface area (Å²) in [6.45, 7) is 5.84. The van der Waals surface area contributed by atoms with Crippen LogP contribution in [0.1, 0.15) is 27.3 Å². The monoisotopic (exact) mass is 278 g/mol. The molecule has 100 valence electrons. The van der Waals surface area contributed by atoms with Crippen molar-refractivity contribution in [1.82, 2.24) is 9.78 Å². The molecule has 0 radical (unpaired) electrons. The fraction of sp³-hybridized carbons (Fsp3) is 0.286. The SMILES string of the molecule is COC(=O)c1nn(-c2cc(C)cc(C)c2)c(C)c1Cl. The Balaban J connectivity index is 2.60. The van der Waals surface area contributed by atoms with E-state index < -0.39 is 5.97 Å². The smallest absolute Gasteiger partial charge is 0.360 e. The van der Waals surface area contributed by atoms with Crippen LogP contribution in [0.25, 0.3) is 5.69 Å². The zero-order valence-corrected chi connectivity index (χ0v) is 12.1. The van der Waals surface area contributed by atoms with Crippen LogP contribution in [0, 0.1) is 20.8 Å². The van der Waals surface area contributed by atoms with Gasteiger partial charge in [0.2, 0.25) is 0 Å². The van der Waals surface area contributed by atoms with Crippen LogP contribution < -0.4 is 0 Å². The number of esters is 1. The molecule has 0 atom stereocenters. The Morgan fingerprint density at radius 1 is 1.21 bits per heavy atom. The van der Waals surface area contributed by atoms with E-state index in [4.69, 9.17) is 11.6 Å². The normalized spacial score (nSPS) is 10.6. The Bertz CT molecular complexity index is 627. The van der Waals surface area contributed by atoms with Crippen LogP contribution in [-0.2, 0) is 4.74 Å². The van der Waals surface area contributed by atoms with Gasteiger partial charge in [0.05, 0.1) is 23.5 Å². The summed E-state index contributed by atoms with van der Waals surface area (Å²) in [5.41, 5.74) is 3.99. The summed E-state index contributed by atoms with van der Waals surface area (Å²) in [5.74, 6) is -0.531. The van der Waals surface area contributed by atoms with Gasteiger partial charge in [-0.25, -0.2) is 9.48 Å². The molecule has 0 aliphatic heterocycles. The van der Waals surface area contributed by atoms with E-state index in [9.17, 15) is 4.79 Å². The summed E-state index contributed by atoms with van der Waals surface area (Å²) in [6.07, 6.45) is 0. The topological polar surface area (TPSA) is 44.1 Å². The molecule has 0 saturated heterocycles. The molecule has 0 saturated carbocycles. The van der Waals surface area contributed by atoms with Crippen molar-refractivity contribution in [2.75, 3.05) is 7.11 Å². The maximum absolute atomic E-state index is 11.6. The molecule has 1 aromatic carbocycles. The first-order valence-corrected chi connectivity index (χ1v) is 6.24. The van der Waals surface area contributed by atoms with E-state index in [2.05, 4.69) is 15.9 Å². The molecular formula is C14H15ClN2O2. The number of aromatic nitrogens is 2. The Kier molecular flexibility index (Phi) is 3.62. The largest absolute Gasteiger partial charge is 0.464 e. The first kappa shape index (κ1) is 13.6. The fourth-order valence-corrected chi connectivity index (χ4v) is 2.23. The van der Waals surface area contributed by atoms with Crippen molar-refractivity contribution in [1.29, 1.82) is 0 Å². The van der Waals surface area contributed by atoms with Gasteiger partial charge in [-0.05, 0) is 44.0 Å². The number of aryl methyl sites for hydroxylation is 2. The van der Waals surface area contributed by atoms with E-state index in [1.807, 2.05) is 32.9 Å². The van der Waals surface area contributed by atoms with E-state index >= 15 is 0 Å². The van der Waals surface area contributed by atoms with Gasteiger partial charge in [0, 0.05) is 0 Å². The molecular weight excluding hydrogens is 264 g/mol. The molecule has 2 rings (SSSR count). The molecule has 0 bridgehead atoms. The van der Waals surface area contributed by atoms with E-state index in [1.54, 1.807) is 4.68 Å². The van der Waals surface area contributed by atoms with E-state index in [1.165, 1.54) is 7.11 Å². The molecule has 0 spiro atoms. The Hall–Kier alpha value is -1.81. The lowest BCUT2D eigenvalue weighted by molar-refractivity contribution is 0.0593. The van der Waals surface area contributed by atoms with Crippen molar-refractivity contribution in [2.24, 2.45) is 0 Å². The van der Waals surface area contributed by atoms with Gasteiger partial charge in [-0.1, -0.05) is 17.7 Å². The number of methoxy groups -OCH3 is 1. The van der Waals surface area contributed by atoms with Crippen LogP contribution in [0.5, 0.6) is 0 Å². The lowest BCUT2D eigenvalue weighted by Gasteiger charge is -2.07. The highest BCUT2D eigenvalue weighted by molar-refractivity contribution is 6.34. The molecule has 1 heterocycles. The van der Waals surface area contributed by atoms with Crippen LogP contribution in [0.4, 0.5) is 0 Å². The number of benzene rings is 1. The first-order valence-electron chi connectivity index (χ1n) is 5.86. The second-order valence-corrected chi connectivity index (χ2v) is 4.88. The molecule has 0 amide bonds. The summed E-state index contributed by atoms with van der Waals surface area (Å²) >= 11 is 6.13. The van der Waals surface area contributed by atoms with E-state index in [-0.39, 0.29) is 5.69 Å². The standard InChI is InChI=1S/C14H15ClN2O2/c1-8-5-9(2)7-11(6-8)17-10(3)12(15)13(16-17)14(18)19-4/h5-7H,1-4H3. The third kappa shape index (κ3) is 2.49. The molecule has 5 heteroatoms. The third-order valence-electron chi connectivity index (χ3n) is 2.87. The van der Waals surface area contributed by atoms with Crippen LogP contribution in [-0.4, -0.2) is 22.9 Å². The van der Waals surface area contributed by atoms with Crippen molar-refractivity contribution < 1.29 is 9.53 Å². The number of carbonyl (C=O) groups excluding carboxylic acids is 1. The molecule has 4 nitrogen and oxygen atoms in total. The second-order valence-electron chi connectivity index (χ2n) is 4.50.